The first-order valence-corrected chi connectivity index (χ1v) is 8.92. The van der Waals surface area contributed by atoms with Crippen molar-refractivity contribution in [3.05, 3.63) is 23.9 Å². The normalized spacial score (nSPS) is 25.0. The van der Waals surface area contributed by atoms with Crippen LogP contribution in [0.15, 0.2) is 18.3 Å². The van der Waals surface area contributed by atoms with Gasteiger partial charge in [0.25, 0.3) is 5.91 Å². The second-order valence-electron chi connectivity index (χ2n) is 7.63. The molecule has 1 N–H and O–H groups in total. The molecule has 0 aromatic carbocycles. The van der Waals surface area contributed by atoms with Gasteiger partial charge in [-0.1, -0.05) is 0 Å². The van der Waals surface area contributed by atoms with Crippen LogP contribution in [0.2, 0.25) is 0 Å². The molecule has 138 valence electrons. The number of aliphatic hydroxyl groups is 1. The summed E-state index contributed by atoms with van der Waals surface area (Å²) in [5, 5.41) is 10.7. The molecule has 7 nitrogen and oxygen atoms in total. The number of hydrogen-bond donors (Lipinski definition) is 1. The van der Waals surface area contributed by atoms with E-state index in [1.807, 2.05) is 30.0 Å². The van der Waals surface area contributed by atoms with Crippen LogP contribution >= 0.6 is 0 Å². The van der Waals surface area contributed by atoms with E-state index in [-0.39, 0.29) is 5.91 Å². The SMILES string of the molecule is CN(C)CC1(O)CCN(c2cc(C(=O)N3CCN(C)CC3)ccn2)C1. The van der Waals surface area contributed by atoms with Gasteiger partial charge in [-0.25, -0.2) is 4.98 Å². The zero-order valence-corrected chi connectivity index (χ0v) is 15.5. The highest BCUT2D eigenvalue weighted by atomic mass is 16.3. The van der Waals surface area contributed by atoms with Crippen molar-refractivity contribution >= 4 is 11.7 Å². The first-order chi connectivity index (χ1) is 11.9. The fraction of sp³-hybridized carbons (Fsp3) is 0.667. The van der Waals surface area contributed by atoms with Crippen molar-refractivity contribution in [1.29, 1.82) is 0 Å². The average Bonchev–Trinajstić information content (AvgIpc) is 2.96. The minimum absolute atomic E-state index is 0.0690. The van der Waals surface area contributed by atoms with E-state index in [0.29, 0.717) is 25.1 Å². The molecule has 2 saturated heterocycles. The summed E-state index contributed by atoms with van der Waals surface area (Å²) in [4.78, 5) is 25.4. The van der Waals surface area contributed by atoms with Gasteiger partial charge >= 0.3 is 0 Å². The third kappa shape index (κ3) is 4.29. The Kier molecular flexibility index (Phi) is 5.27. The Balaban J connectivity index is 1.69. The molecule has 1 atom stereocenters. The summed E-state index contributed by atoms with van der Waals surface area (Å²) in [7, 11) is 6.01. The van der Waals surface area contributed by atoms with E-state index in [1.165, 1.54) is 0 Å². The summed E-state index contributed by atoms with van der Waals surface area (Å²) in [6, 6.07) is 3.65. The number of amides is 1. The fourth-order valence-electron chi connectivity index (χ4n) is 3.69. The van der Waals surface area contributed by atoms with E-state index in [9.17, 15) is 9.90 Å². The summed E-state index contributed by atoms with van der Waals surface area (Å²) in [5.41, 5.74) is -0.0413. The standard InChI is InChI=1S/C18H29N5O2/c1-20(2)13-18(25)5-7-23(14-18)16-12-15(4-6-19-16)17(24)22-10-8-21(3)9-11-22/h4,6,12,25H,5,7-11,13-14H2,1-3H3. The van der Waals surface area contributed by atoms with Gasteiger partial charge in [-0.2, -0.15) is 0 Å². The van der Waals surface area contributed by atoms with Crippen LogP contribution in [-0.2, 0) is 0 Å². The van der Waals surface area contributed by atoms with E-state index in [0.717, 1.165) is 38.5 Å². The van der Waals surface area contributed by atoms with Crippen LogP contribution in [0.4, 0.5) is 5.82 Å². The zero-order chi connectivity index (χ0) is 18.0. The number of piperazine rings is 1. The third-order valence-corrected chi connectivity index (χ3v) is 5.05. The van der Waals surface area contributed by atoms with E-state index in [1.54, 1.807) is 12.3 Å². The number of carbonyl (C=O) groups excluding carboxylic acids is 1. The molecule has 2 fully saturated rings. The van der Waals surface area contributed by atoms with Gasteiger partial charge in [0, 0.05) is 57.6 Å². The smallest absolute Gasteiger partial charge is 0.254 e. The van der Waals surface area contributed by atoms with Gasteiger partial charge < -0.3 is 24.7 Å². The van der Waals surface area contributed by atoms with Gasteiger partial charge in [-0.05, 0) is 39.7 Å². The van der Waals surface area contributed by atoms with Gasteiger partial charge in [-0.15, -0.1) is 0 Å². The first-order valence-electron chi connectivity index (χ1n) is 8.92. The van der Waals surface area contributed by atoms with Crippen molar-refractivity contribution in [2.45, 2.75) is 12.0 Å². The van der Waals surface area contributed by atoms with Crippen LogP contribution < -0.4 is 4.90 Å². The Hall–Kier alpha value is -1.70. The number of hydrogen-bond acceptors (Lipinski definition) is 6. The highest BCUT2D eigenvalue weighted by molar-refractivity contribution is 5.95. The Bertz CT molecular complexity index is 615. The largest absolute Gasteiger partial charge is 0.387 e. The van der Waals surface area contributed by atoms with Crippen LogP contribution in [0.25, 0.3) is 0 Å². The molecule has 7 heteroatoms. The van der Waals surface area contributed by atoms with E-state index in [2.05, 4.69) is 21.8 Å². The second-order valence-corrected chi connectivity index (χ2v) is 7.63. The van der Waals surface area contributed by atoms with Crippen molar-refractivity contribution in [2.75, 3.05) is 71.9 Å². The molecule has 1 unspecified atom stereocenters. The molecular weight excluding hydrogens is 318 g/mol. The number of pyridine rings is 1. The number of carbonyl (C=O) groups is 1. The molecule has 1 amide bonds. The lowest BCUT2D eigenvalue weighted by atomic mass is 10.0. The number of anilines is 1. The van der Waals surface area contributed by atoms with E-state index >= 15 is 0 Å². The van der Waals surface area contributed by atoms with Crippen LogP contribution in [0.5, 0.6) is 0 Å². The maximum absolute atomic E-state index is 12.8. The molecule has 0 saturated carbocycles. The molecule has 0 aliphatic carbocycles. The molecule has 1 aromatic rings. The molecule has 0 bridgehead atoms. The number of rotatable bonds is 4. The van der Waals surface area contributed by atoms with Crippen molar-refractivity contribution < 1.29 is 9.90 Å². The molecule has 3 heterocycles. The molecule has 0 radical (unpaired) electrons. The van der Waals surface area contributed by atoms with E-state index in [4.69, 9.17) is 0 Å². The number of aromatic nitrogens is 1. The van der Waals surface area contributed by atoms with Crippen molar-refractivity contribution in [3.8, 4) is 0 Å². The second kappa shape index (κ2) is 7.27. The van der Waals surface area contributed by atoms with Gasteiger partial charge in [-0.3, -0.25) is 4.79 Å². The Morgan fingerprint density at radius 1 is 1.28 bits per heavy atom. The summed E-state index contributed by atoms with van der Waals surface area (Å²) in [6.07, 6.45) is 2.41. The minimum Gasteiger partial charge on any atom is -0.387 e. The van der Waals surface area contributed by atoms with Crippen molar-refractivity contribution in [3.63, 3.8) is 0 Å². The molecule has 2 aliphatic rings. The lowest BCUT2D eigenvalue weighted by Crippen LogP contribution is -2.47. The molecule has 25 heavy (non-hydrogen) atoms. The molecule has 2 aliphatic heterocycles. The highest BCUT2D eigenvalue weighted by Gasteiger charge is 2.37. The molecule has 1 aromatic heterocycles. The summed E-state index contributed by atoms with van der Waals surface area (Å²) < 4.78 is 0. The monoisotopic (exact) mass is 347 g/mol. The summed E-state index contributed by atoms with van der Waals surface area (Å²) >= 11 is 0. The van der Waals surface area contributed by atoms with Crippen LogP contribution in [0.3, 0.4) is 0 Å². The Morgan fingerprint density at radius 3 is 2.68 bits per heavy atom. The first kappa shape index (κ1) is 18.1. The quantitative estimate of drug-likeness (QED) is 0.825. The highest BCUT2D eigenvalue weighted by Crippen LogP contribution is 2.26. The minimum atomic E-state index is -0.720. The van der Waals surface area contributed by atoms with Gasteiger partial charge in [0.2, 0.25) is 0 Å². The van der Waals surface area contributed by atoms with Crippen molar-refractivity contribution in [2.24, 2.45) is 0 Å². The summed E-state index contributed by atoms with van der Waals surface area (Å²) in [6.45, 7) is 5.27. The van der Waals surface area contributed by atoms with Crippen LogP contribution in [0.1, 0.15) is 16.8 Å². The number of β-amino-alcohol motifs (C(OH)–C–C–N with tert-alkyl or cyclic N) is 1. The predicted molar refractivity (Wildman–Crippen MR) is 98.0 cm³/mol. The lowest BCUT2D eigenvalue weighted by Gasteiger charge is -2.32. The van der Waals surface area contributed by atoms with E-state index < -0.39 is 5.60 Å². The van der Waals surface area contributed by atoms with Crippen LogP contribution in [-0.4, -0.2) is 103 Å². The fourth-order valence-corrected chi connectivity index (χ4v) is 3.69. The topological polar surface area (TPSA) is 63.2 Å². The number of likely N-dealkylation sites (N-methyl/N-ethyl adjacent to an activating group) is 2. The zero-order valence-electron chi connectivity index (χ0n) is 15.5. The molecular formula is C18H29N5O2. The molecule has 3 rings (SSSR count). The third-order valence-electron chi connectivity index (χ3n) is 5.05. The van der Waals surface area contributed by atoms with Gasteiger partial charge in [0.05, 0.1) is 5.60 Å². The van der Waals surface area contributed by atoms with Gasteiger partial charge in [0.15, 0.2) is 0 Å². The Morgan fingerprint density at radius 2 is 2.00 bits per heavy atom. The molecule has 0 spiro atoms. The lowest BCUT2D eigenvalue weighted by molar-refractivity contribution is 0.0365. The maximum Gasteiger partial charge on any atom is 0.254 e. The maximum atomic E-state index is 12.8. The summed E-state index contributed by atoms with van der Waals surface area (Å²) in [5.74, 6) is 0.842. The number of nitrogens with zero attached hydrogens (tertiary/aromatic N) is 5. The van der Waals surface area contributed by atoms with Crippen LogP contribution in [0, 0.1) is 0 Å². The predicted octanol–water partition coefficient (Wildman–Crippen LogP) is -0.0280. The van der Waals surface area contributed by atoms with Crippen molar-refractivity contribution in [1.82, 2.24) is 19.7 Å². The Labute approximate surface area is 149 Å². The average molecular weight is 347 g/mol. The van der Waals surface area contributed by atoms with Gasteiger partial charge in [0.1, 0.15) is 5.82 Å².